The molecular formula is C19H29N3O5. The summed E-state index contributed by atoms with van der Waals surface area (Å²) in [5.41, 5.74) is 0.546. The van der Waals surface area contributed by atoms with Crippen molar-refractivity contribution >= 4 is 17.5 Å². The van der Waals surface area contributed by atoms with Gasteiger partial charge in [0.2, 0.25) is 11.8 Å². The van der Waals surface area contributed by atoms with Crippen LogP contribution in [0.4, 0.5) is 5.69 Å². The molecule has 1 aliphatic heterocycles. The molecule has 0 spiro atoms. The van der Waals surface area contributed by atoms with Crippen LogP contribution < -0.4 is 14.8 Å². The Labute approximate surface area is 160 Å². The first-order valence-corrected chi connectivity index (χ1v) is 9.11. The first kappa shape index (κ1) is 21.0. The quantitative estimate of drug-likeness (QED) is 0.695. The Morgan fingerprint density at radius 2 is 1.93 bits per heavy atom. The number of nitrogens with zero attached hydrogens (tertiary/aromatic N) is 2. The van der Waals surface area contributed by atoms with Gasteiger partial charge in [-0.2, -0.15) is 0 Å². The molecular weight excluding hydrogens is 350 g/mol. The molecule has 8 nitrogen and oxygen atoms in total. The molecule has 0 aromatic heterocycles. The summed E-state index contributed by atoms with van der Waals surface area (Å²) in [5.74, 6) is 0.969. The molecule has 0 unspecified atom stereocenters. The van der Waals surface area contributed by atoms with Crippen LogP contribution in [0.3, 0.4) is 0 Å². The first-order valence-electron chi connectivity index (χ1n) is 9.11. The highest BCUT2D eigenvalue weighted by molar-refractivity contribution is 5.92. The zero-order valence-corrected chi connectivity index (χ0v) is 16.3. The monoisotopic (exact) mass is 379 g/mol. The van der Waals surface area contributed by atoms with Gasteiger partial charge in [-0.1, -0.05) is 0 Å². The van der Waals surface area contributed by atoms with Crippen molar-refractivity contribution in [2.75, 3.05) is 65.5 Å². The van der Waals surface area contributed by atoms with Crippen molar-refractivity contribution in [3.05, 3.63) is 18.2 Å². The molecule has 0 bridgehead atoms. The zero-order chi connectivity index (χ0) is 19.6. The first-order chi connectivity index (χ1) is 13.0. The number of benzene rings is 1. The maximum Gasteiger partial charge on any atom is 0.226 e. The molecule has 8 heteroatoms. The highest BCUT2D eigenvalue weighted by Crippen LogP contribution is 2.28. The van der Waals surface area contributed by atoms with Gasteiger partial charge in [0.15, 0.2) is 0 Å². The van der Waals surface area contributed by atoms with Gasteiger partial charge >= 0.3 is 0 Å². The predicted octanol–water partition coefficient (Wildman–Crippen LogP) is 1.21. The van der Waals surface area contributed by atoms with Crippen molar-refractivity contribution in [1.82, 2.24) is 9.80 Å². The molecule has 0 aliphatic carbocycles. The maximum atomic E-state index is 12.3. The van der Waals surface area contributed by atoms with E-state index in [0.717, 1.165) is 32.8 Å². The van der Waals surface area contributed by atoms with E-state index in [4.69, 9.17) is 14.2 Å². The Kier molecular flexibility index (Phi) is 8.35. The number of anilines is 1. The van der Waals surface area contributed by atoms with E-state index in [2.05, 4.69) is 10.2 Å². The number of methoxy groups -OCH3 is 2. The second-order valence-corrected chi connectivity index (χ2v) is 6.32. The van der Waals surface area contributed by atoms with Gasteiger partial charge in [0.25, 0.3) is 0 Å². The van der Waals surface area contributed by atoms with Gasteiger partial charge in [-0.3, -0.25) is 14.5 Å². The van der Waals surface area contributed by atoms with Gasteiger partial charge < -0.3 is 24.4 Å². The SMILES string of the molecule is COc1ccc(OC)c(NC(=O)CCN(CCN2CCOCC2)C(C)=O)c1. The fourth-order valence-corrected chi connectivity index (χ4v) is 2.87. The number of hydrogen-bond donors (Lipinski definition) is 1. The number of ether oxygens (including phenoxy) is 3. The Morgan fingerprint density at radius 1 is 1.19 bits per heavy atom. The smallest absolute Gasteiger partial charge is 0.226 e. The average molecular weight is 379 g/mol. The Hall–Kier alpha value is -2.32. The molecule has 1 heterocycles. The molecule has 1 fully saturated rings. The normalized spacial score (nSPS) is 14.5. The molecule has 1 saturated heterocycles. The van der Waals surface area contributed by atoms with E-state index in [1.807, 2.05) is 0 Å². The van der Waals surface area contributed by atoms with E-state index in [0.29, 0.717) is 30.3 Å². The Morgan fingerprint density at radius 3 is 2.56 bits per heavy atom. The third-order valence-corrected chi connectivity index (χ3v) is 4.52. The molecule has 1 aromatic rings. The maximum absolute atomic E-state index is 12.3. The summed E-state index contributed by atoms with van der Waals surface area (Å²) in [6, 6.07) is 5.20. The Bertz CT molecular complexity index is 632. The van der Waals surface area contributed by atoms with Crippen LogP contribution in [-0.4, -0.2) is 81.8 Å². The van der Waals surface area contributed by atoms with E-state index < -0.39 is 0 Å². The number of carbonyl (C=O) groups excluding carboxylic acids is 2. The van der Waals surface area contributed by atoms with Crippen molar-refractivity contribution in [2.45, 2.75) is 13.3 Å². The number of morpholine rings is 1. The van der Waals surface area contributed by atoms with Gasteiger partial charge in [-0.15, -0.1) is 0 Å². The average Bonchev–Trinajstić information content (AvgIpc) is 2.68. The molecule has 2 amide bonds. The van der Waals surface area contributed by atoms with Crippen LogP contribution in [0.2, 0.25) is 0 Å². The molecule has 1 aromatic carbocycles. The largest absolute Gasteiger partial charge is 0.497 e. The zero-order valence-electron chi connectivity index (χ0n) is 16.3. The van der Waals surface area contributed by atoms with E-state index in [1.165, 1.54) is 6.92 Å². The molecule has 150 valence electrons. The highest BCUT2D eigenvalue weighted by atomic mass is 16.5. The minimum absolute atomic E-state index is 0.0324. The second kappa shape index (κ2) is 10.7. The van der Waals surface area contributed by atoms with Crippen molar-refractivity contribution in [3.63, 3.8) is 0 Å². The molecule has 0 saturated carbocycles. The lowest BCUT2D eigenvalue weighted by atomic mass is 10.2. The fraction of sp³-hybridized carbons (Fsp3) is 0.579. The minimum Gasteiger partial charge on any atom is -0.497 e. The summed E-state index contributed by atoms with van der Waals surface area (Å²) in [7, 11) is 3.10. The molecule has 27 heavy (non-hydrogen) atoms. The van der Waals surface area contributed by atoms with E-state index in [1.54, 1.807) is 37.3 Å². The third kappa shape index (κ3) is 6.73. The van der Waals surface area contributed by atoms with Crippen LogP contribution in [-0.2, 0) is 14.3 Å². The second-order valence-electron chi connectivity index (χ2n) is 6.32. The van der Waals surface area contributed by atoms with Crippen LogP contribution >= 0.6 is 0 Å². The van der Waals surface area contributed by atoms with Crippen molar-refractivity contribution in [3.8, 4) is 11.5 Å². The fourth-order valence-electron chi connectivity index (χ4n) is 2.87. The van der Waals surface area contributed by atoms with E-state index >= 15 is 0 Å². The van der Waals surface area contributed by atoms with Crippen molar-refractivity contribution in [1.29, 1.82) is 0 Å². The summed E-state index contributed by atoms with van der Waals surface area (Å²) >= 11 is 0. The molecule has 2 rings (SSSR count). The van der Waals surface area contributed by atoms with Gasteiger partial charge in [-0.05, 0) is 12.1 Å². The van der Waals surface area contributed by atoms with E-state index in [-0.39, 0.29) is 18.2 Å². The molecule has 0 atom stereocenters. The van der Waals surface area contributed by atoms with Crippen LogP contribution in [0.15, 0.2) is 18.2 Å². The lowest BCUT2D eigenvalue weighted by Crippen LogP contribution is -2.43. The summed E-state index contributed by atoms with van der Waals surface area (Å²) in [4.78, 5) is 28.2. The van der Waals surface area contributed by atoms with Gasteiger partial charge in [0, 0.05) is 52.1 Å². The van der Waals surface area contributed by atoms with Crippen molar-refractivity contribution < 1.29 is 23.8 Å². The topological polar surface area (TPSA) is 80.3 Å². The Balaban J connectivity index is 1.85. The standard InChI is InChI=1S/C19H29N3O5/c1-15(23)22(9-8-21-10-12-27-13-11-21)7-6-19(24)20-17-14-16(25-2)4-5-18(17)26-3/h4-5,14H,6-13H2,1-3H3,(H,20,24). The predicted molar refractivity (Wildman–Crippen MR) is 102 cm³/mol. The highest BCUT2D eigenvalue weighted by Gasteiger charge is 2.16. The van der Waals surface area contributed by atoms with E-state index in [9.17, 15) is 9.59 Å². The van der Waals surface area contributed by atoms with Crippen molar-refractivity contribution in [2.24, 2.45) is 0 Å². The molecule has 1 N–H and O–H groups in total. The van der Waals surface area contributed by atoms with Gasteiger partial charge in [0.05, 0.1) is 33.1 Å². The van der Waals surface area contributed by atoms with Gasteiger partial charge in [-0.25, -0.2) is 0 Å². The van der Waals surface area contributed by atoms with Crippen LogP contribution in [0.5, 0.6) is 11.5 Å². The number of carbonyl (C=O) groups is 2. The molecule has 0 radical (unpaired) electrons. The third-order valence-electron chi connectivity index (χ3n) is 4.52. The van der Waals surface area contributed by atoms with Crippen LogP contribution in [0.1, 0.15) is 13.3 Å². The molecule has 1 aliphatic rings. The number of rotatable bonds is 9. The summed E-state index contributed by atoms with van der Waals surface area (Å²) in [6.45, 7) is 6.50. The van der Waals surface area contributed by atoms with Crippen LogP contribution in [0, 0.1) is 0 Å². The lowest BCUT2D eigenvalue weighted by molar-refractivity contribution is -0.129. The number of nitrogens with one attached hydrogen (secondary N) is 1. The lowest BCUT2D eigenvalue weighted by Gasteiger charge is -2.29. The summed E-state index contributed by atoms with van der Waals surface area (Å²) in [6.07, 6.45) is 0.211. The summed E-state index contributed by atoms with van der Waals surface area (Å²) < 4.78 is 15.8. The van der Waals surface area contributed by atoms with Gasteiger partial charge in [0.1, 0.15) is 11.5 Å². The van der Waals surface area contributed by atoms with Crippen LogP contribution in [0.25, 0.3) is 0 Å². The number of hydrogen-bond acceptors (Lipinski definition) is 6. The minimum atomic E-state index is -0.181. The summed E-state index contributed by atoms with van der Waals surface area (Å²) in [5, 5.41) is 2.83. The number of amides is 2.